The second kappa shape index (κ2) is 3.06. The fraction of sp³-hybridized carbons (Fsp3) is 0.286. The van der Waals surface area contributed by atoms with E-state index in [0.717, 1.165) is 5.56 Å². The highest BCUT2D eigenvalue weighted by molar-refractivity contribution is 5.12. The molecule has 3 nitrogen and oxygen atoms in total. The first-order chi connectivity index (χ1) is 4.84. The van der Waals surface area contributed by atoms with E-state index >= 15 is 0 Å². The number of rotatable bonds is 2. The molecule has 0 aliphatic carbocycles. The Morgan fingerprint density at radius 3 is 3.00 bits per heavy atom. The Hall–Kier alpha value is -1.25. The van der Waals surface area contributed by atoms with E-state index in [-0.39, 0.29) is 6.04 Å². The zero-order valence-electron chi connectivity index (χ0n) is 5.69. The van der Waals surface area contributed by atoms with Crippen molar-refractivity contribution in [2.45, 2.75) is 13.0 Å². The molecular weight excluding hydrogens is 128 g/mol. The standard InChI is InChI=1S/C7H8N2O/c1-6(9-10)7-3-2-4-8-5-7/h2-6H,1H3. The number of pyridine rings is 1. The summed E-state index contributed by atoms with van der Waals surface area (Å²) in [5.74, 6) is 0. The lowest BCUT2D eigenvalue weighted by Crippen LogP contribution is -1.87. The van der Waals surface area contributed by atoms with Crippen LogP contribution < -0.4 is 0 Å². The summed E-state index contributed by atoms with van der Waals surface area (Å²) in [6.45, 7) is 1.74. The molecule has 0 spiro atoms. The number of hydrogen-bond donors (Lipinski definition) is 0. The van der Waals surface area contributed by atoms with Crippen molar-refractivity contribution >= 4 is 0 Å². The van der Waals surface area contributed by atoms with Gasteiger partial charge in [-0.1, -0.05) is 11.2 Å². The summed E-state index contributed by atoms with van der Waals surface area (Å²) in [5, 5.41) is 2.87. The SMILES string of the molecule is CC(N=O)c1cccnc1. The van der Waals surface area contributed by atoms with Gasteiger partial charge in [0, 0.05) is 12.4 Å². The first kappa shape index (κ1) is 6.86. The molecule has 0 fully saturated rings. The van der Waals surface area contributed by atoms with E-state index in [1.54, 1.807) is 25.4 Å². The van der Waals surface area contributed by atoms with Crippen LogP contribution in [0.2, 0.25) is 0 Å². The number of nitrogens with zero attached hydrogens (tertiary/aromatic N) is 2. The van der Waals surface area contributed by atoms with Gasteiger partial charge in [-0.05, 0) is 18.6 Å². The van der Waals surface area contributed by atoms with Crippen molar-refractivity contribution in [3.05, 3.63) is 35.0 Å². The molecule has 0 saturated heterocycles. The summed E-state index contributed by atoms with van der Waals surface area (Å²) in [6, 6.07) is 3.34. The van der Waals surface area contributed by atoms with E-state index in [0.29, 0.717) is 0 Å². The van der Waals surface area contributed by atoms with Gasteiger partial charge in [-0.3, -0.25) is 4.98 Å². The van der Waals surface area contributed by atoms with Gasteiger partial charge in [0.15, 0.2) is 0 Å². The van der Waals surface area contributed by atoms with Crippen LogP contribution in [0.5, 0.6) is 0 Å². The Labute approximate surface area is 59.1 Å². The van der Waals surface area contributed by atoms with Crippen LogP contribution in [-0.4, -0.2) is 4.98 Å². The Balaban J connectivity index is 2.84. The molecule has 1 aromatic rings. The molecule has 52 valence electrons. The maximum atomic E-state index is 10.0. The van der Waals surface area contributed by atoms with Gasteiger partial charge in [0.05, 0.1) is 0 Å². The van der Waals surface area contributed by atoms with E-state index in [2.05, 4.69) is 10.2 Å². The first-order valence-electron chi connectivity index (χ1n) is 3.07. The van der Waals surface area contributed by atoms with Crippen LogP contribution in [0.4, 0.5) is 0 Å². The lowest BCUT2D eigenvalue weighted by molar-refractivity contribution is 0.805. The summed E-state index contributed by atoms with van der Waals surface area (Å²) < 4.78 is 0. The predicted octanol–water partition coefficient (Wildman–Crippen LogP) is 1.91. The molecular formula is C7H8N2O. The molecule has 10 heavy (non-hydrogen) atoms. The average molecular weight is 136 g/mol. The lowest BCUT2D eigenvalue weighted by Gasteiger charge is -1.98. The molecule has 1 heterocycles. The number of nitroso groups, excluding NO2 is 1. The number of hydrogen-bond acceptors (Lipinski definition) is 3. The van der Waals surface area contributed by atoms with Gasteiger partial charge in [0.2, 0.25) is 0 Å². The second-order valence-corrected chi connectivity index (χ2v) is 2.07. The van der Waals surface area contributed by atoms with Crippen molar-refractivity contribution < 1.29 is 0 Å². The van der Waals surface area contributed by atoms with Gasteiger partial charge in [0.1, 0.15) is 6.04 Å². The summed E-state index contributed by atoms with van der Waals surface area (Å²) in [4.78, 5) is 13.9. The van der Waals surface area contributed by atoms with Gasteiger partial charge < -0.3 is 0 Å². The van der Waals surface area contributed by atoms with Gasteiger partial charge in [-0.25, -0.2) is 0 Å². The van der Waals surface area contributed by atoms with E-state index in [9.17, 15) is 4.91 Å². The number of aromatic nitrogens is 1. The molecule has 1 atom stereocenters. The van der Waals surface area contributed by atoms with Crippen molar-refractivity contribution in [3.8, 4) is 0 Å². The molecule has 0 N–H and O–H groups in total. The monoisotopic (exact) mass is 136 g/mol. The van der Waals surface area contributed by atoms with Crippen molar-refractivity contribution in [2.24, 2.45) is 5.18 Å². The Bertz CT molecular complexity index is 210. The molecule has 0 bridgehead atoms. The van der Waals surface area contributed by atoms with Gasteiger partial charge in [0.25, 0.3) is 0 Å². The van der Waals surface area contributed by atoms with Crippen LogP contribution in [0.25, 0.3) is 0 Å². The second-order valence-electron chi connectivity index (χ2n) is 2.07. The van der Waals surface area contributed by atoms with Crippen LogP contribution in [0.15, 0.2) is 29.7 Å². The average Bonchev–Trinajstić information content (AvgIpc) is 2.05. The minimum absolute atomic E-state index is 0.284. The molecule has 0 aromatic carbocycles. The third kappa shape index (κ3) is 1.37. The molecule has 0 aliphatic heterocycles. The predicted molar refractivity (Wildman–Crippen MR) is 38.4 cm³/mol. The zero-order valence-corrected chi connectivity index (χ0v) is 5.69. The van der Waals surface area contributed by atoms with Crippen molar-refractivity contribution in [1.29, 1.82) is 0 Å². The molecule has 0 saturated carbocycles. The largest absolute Gasteiger partial charge is 0.264 e. The van der Waals surface area contributed by atoms with Crippen molar-refractivity contribution in [2.75, 3.05) is 0 Å². The molecule has 1 aromatic heterocycles. The minimum Gasteiger partial charge on any atom is -0.264 e. The topological polar surface area (TPSA) is 42.3 Å². The van der Waals surface area contributed by atoms with Crippen LogP contribution >= 0.6 is 0 Å². The van der Waals surface area contributed by atoms with E-state index in [4.69, 9.17) is 0 Å². The Morgan fingerprint density at radius 2 is 2.50 bits per heavy atom. The maximum Gasteiger partial charge on any atom is 0.116 e. The van der Waals surface area contributed by atoms with Crippen LogP contribution in [0.3, 0.4) is 0 Å². The summed E-state index contributed by atoms with van der Waals surface area (Å²) in [6.07, 6.45) is 3.31. The van der Waals surface area contributed by atoms with E-state index < -0.39 is 0 Å². The zero-order chi connectivity index (χ0) is 7.40. The quantitative estimate of drug-likeness (QED) is 0.583. The highest BCUT2D eigenvalue weighted by Crippen LogP contribution is 2.12. The molecule has 3 heteroatoms. The third-order valence-corrected chi connectivity index (χ3v) is 1.32. The highest BCUT2D eigenvalue weighted by Gasteiger charge is 2.01. The van der Waals surface area contributed by atoms with E-state index in [1.165, 1.54) is 0 Å². The van der Waals surface area contributed by atoms with Crippen molar-refractivity contribution in [1.82, 2.24) is 4.98 Å². The third-order valence-electron chi connectivity index (χ3n) is 1.32. The molecule has 1 rings (SSSR count). The normalized spacial score (nSPS) is 12.5. The van der Waals surface area contributed by atoms with Gasteiger partial charge in [-0.15, -0.1) is 0 Å². The smallest absolute Gasteiger partial charge is 0.116 e. The van der Waals surface area contributed by atoms with Crippen LogP contribution in [0.1, 0.15) is 18.5 Å². The Kier molecular flexibility index (Phi) is 2.10. The molecule has 0 amide bonds. The van der Waals surface area contributed by atoms with E-state index in [1.807, 2.05) is 6.07 Å². The molecule has 1 unspecified atom stereocenters. The highest BCUT2D eigenvalue weighted by atomic mass is 16.3. The van der Waals surface area contributed by atoms with Gasteiger partial charge >= 0.3 is 0 Å². The summed E-state index contributed by atoms with van der Waals surface area (Å²) >= 11 is 0. The fourth-order valence-corrected chi connectivity index (χ4v) is 0.684. The molecule has 0 aliphatic rings. The minimum atomic E-state index is -0.284. The lowest BCUT2D eigenvalue weighted by atomic mass is 10.2. The maximum absolute atomic E-state index is 10.0. The van der Waals surface area contributed by atoms with Crippen LogP contribution in [-0.2, 0) is 0 Å². The van der Waals surface area contributed by atoms with Crippen molar-refractivity contribution in [3.63, 3.8) is 0 Å². The summed E-state index contributed by atoms with van der Waals surface area (Å²) in [7, 11) is 0. The Morgan fingerprint density at radius 1 is 1.70 bits per heavy atom. The first-order valence-corrected chi connectivity index (χ1v) is 3.07. The fourth-order valence-electron chi connectivity index (χ4n) is 0.684. The van der Waals surface area contributed by atoms with Crippen LogP contribution in [0, 0.1) is 4.91 Å². The summed E-state index contributed by atoms with van der Waals surface area (Å²) in [5.41, 5.74) is 0.859. The van der Waals surface area contributed by atoms with Gasteiger partial charge in [-0.2, -0.15) is 4.91 Å². The molecule has 0 radical (unpaired) electrons.